The van der Waals surface area contributed by atoms with E-state index >= 15 is 0 Å². The topological polar surface area (TPSA) is 86.3 Å². The van der Waals surface area contributed by atoms with Crippen molar-refractivity contribution in [3.63, 3.8) is 0 Å². The molecule has 122 valence electrons. The van der Waals surface area contributed by atoms with Crippen LogP contribution in [-0.4, -0.2) is 45.8 Å². The number of carbonyl (C=O) groups excluding carboxylic acids is 1. The number of hydrogen-bond acceptors (Lipinski definition) is 4. The fraction of sp³-hybridized carbons (Fsp3) is 0.471. The van der Waals surface area contributed by atoms with Crippen molar-refractivity contribution in [1.29, 1.82) is 0 Å². The van der Waals surface area contributed by atoms with Gasteiger partial charge in [-0.3, -0.25) is 9.59 Å². The summed E-state index contributed by atoms with van der Waals surface area (Å²) in [4.78, 5) is 26.4. The molecule has 1 aliphatic heterocycles. The van der Waals surface area contributed by atoms with Gasteiger partial charge >= 0.3 is 0 Å². The molecule has 1 amide bonds. The number of amides is 1. The Morgan fingerprint density at radius 3 is 2.57 bits per heavy atom. The molecule has 0 unspecified atom stereocenters. The molecular formula is C17H21N3O3. The predicted molar refractivity (Wildman–Crippen MR) is 87.3 cm³/mol. The van der Waals surface area contributed by atoms with Gasteiger partial charge in [0.1, 0.15) is 0 Å². The van der Waals surface area contributed by atoms with E-state index in [1.165, 1.54) is 0 Å². The number of piperidine rings is 1. The number of nitrogens with zero attached hydrogens (tertiary/aromatic N) is 2. The van der Waals surface area contributed by atoms with Gasteiger partial charge in [0, 0.05) is 25.1 Å². The van der Waals surface area contributed by atoms with Gasteiger partial charge in [-0.15, -0.1) is 0 Å². The van der Waals surface area contributed by atoms with Crippen LogP contribution in [0.3, 0.4) is 0 Å². The molecule has 23 heavy (non-hydrogen) atoms. The van der Waals surface area contributed by atoms with Gasteiger partial charge in [-0.2, -0.15) is 5.10 Å². The molecular weight excluding hydrogens is 294 g/mol. The van der Waals surface area contributed by atoms with Crippen molar-refractivity contribution in [2.24, 2.45) is 5.41 Å². The first-order valence-corrected chi connectivity index (χ1v) is 7.98. The number of nitrogens with one attached hydrogen (secondary N) is 1. The number of aliphatic hydroxyl groups is 1. The van der Waals surface area contributed by atoms with E-state index in [1.54, 1.807) is 29.2 Å². The van der Waals surface area contributed by atoms with E-state index in [9.17, 15) is 14.7 Å². The van der Waals surface area contributed by atoms with Gasteiger partial charge in [-0.05, 0) is 30.7 Å². The molecule has 0 aliphatic carbocycles. The molecule has 1 aliphatic rings. The molecule has 0 radical (unpaired) electrons. The van der Waals surface area contributed by atoms with Gasteiger partial charge in [-0.25, -0.2) is 5.10 Å². The zero-order valence-electron chi connectivity index (χ0n) is 13.2. The maximum Gasteiger partial charge on any atom is 0.274 e. The molecule has 0 atom stereocenters. The maximum absolute atomic E-state index is 12.8. The smallest absolute Gasteiger partial charge is 0.274 e. The van der Waals surface area contributed by atoms with Crippen LogP contribution in [0.1, 0.15) is 36.7 Å². The second-order valence-electron chi connectivity index (χ2n) is 6.25. The number of fused-ring (bicyclic) bond motifs is 1. The molecule has 0 saturated carbocycles. The van der Waals surface area contributed by atoms with E-state index in [4.69, 9.17) is 0 Å². The molecule has 6 nitrogen and oxygen atoms in total. The van der Waals surface area contributed by atoms with Crippen LogP contribution in [0.4, 0.5) is 0 Å². The summed E-state index contributed by atoms with van der Waals surface area (Å²) in [6.07, 6.45) is 2.48. The predicted octanol–water partition coefficient (Wildman–Crippen LogP) is 1.55. The Morgan fingerprint density at radius 2 is 1.96 bits per heavy atom. The third-order valence-corrected chi connectivity index (χ3v) is 5.10. The van der Waals surface area contributed by atoms with Crippen molar-refractivity contribution in [3.05, 3.63) is 40.3 Å². The highest BCUT2D eigenvalue weighted by molar-refractivity contribution is 6.04. The van der Waals surface area contributed by atoms with E-state index < -0.39 is 0 Å². The summed E-state index contributed by atoms with van der Waals surface area (Å²) in [5, 5.41) is 17.0. The van der Waals surface area contributed by atoms with Crippen molar-refractivity contribution in [2.75, 3.05) is 19.7 Å². The largest absolute Gasteiger partial charge is 0.396 e. The highest BCUT2D eigenvalue weighted by Crippen LogP contribution is 2.34. The number of H-pyrrole nitrogens is 1. The number of rotatable bonds is 3. The molecule has 1 fully saturated rings. The average molecular weight is 315 g/mol. The van der Waals surface area contributed by atoms with Crippen LogP contribution in [0.2, 0.25) is 0 Å². The first kappa shape index (κ1) is 15.7. The van der Waals surface area contributed by atoms with E-state index in [-0.39, 0.29) is 29.2 Å². The first-order chi connectivity index (χ1) is 11.1. The third kappa shape index (κ3) is 2.74. The van der Waals surface area contributed by atoms with Crippen LogP contribution >= 0.6 is 0 Å². The number of hydrogen-bond donors (Lipinski definition) is 2. The van der Waals surface area contributed by atoms with Crippen LogP contribution in [0.15, 0.2) is 29.1 Å². The highest BCUT2D eigenvalue weighted by Gasteiger charge is 2.34. The van der Waals surface area contributed by atoms with Gasteiger partial charge in [0.25, 0.3) is 11.5 Å². The van der Waals surface area contributed by atoms with Crippen LogP contribution in [-0.2, 0) is 0 Å². The Balaban J connectivity index is 1.88. The lowest BCUT2D eigenvalue weighted by molar-refractivity contribution is 0.0335. The zero-order chi connectivity index (χ0) is 16.4. The van der Waals surface area contributed by atoms with E-state index in [0.29, 0.717) is 23.9 Å². The molecule has 1 saturated heterocycles. The van der Waals surface area contributed by atoms with Gasteiger partial charge in [0.2, 0.25) is 0 Å². The van der Waals surface area contributed by atoms with E-state index in [0.717, 1.165) is 19.3 Å². The number of likely N-dealkylation sites (tertiary alicyclic amines) is 1. The molecule has 1 aromatic carbocycles. The minimum Gasteiger partial charge on any atom is -0.396 e. The third-order valence-electron chi connectivity index (χ3n) is 5.10. The quantitative estimate of drug-likeness (QED) is 0.900. The Labute approximate surface area is 134 Å². The lowest BCUT2D eigenvalue weighted by atomic mass is 9.77. The van der Waals surface area contributed by atoms with Crippen LogP contribution < -0.4 is 5.56 Å². The van der Waals surface area contributed by atoms with E-state index in [1.807, 2.05) is 0 Å². The summed E-state index contributed by atoms with van der Waals surface area (Å²) in [5.41, 5.74) is -0.0774. The second kappa shape index (κ2) is 6.12. The minimum atomic E-state index is -0.291. The lowest BCUT2D eigenvalue weighted by Crippen LogP contribution is -2.44. The monoisotopic (exact) mass is 315 g/mol. The Hall–Kier alpha value is -2.21. The van der Waals surface area contributed by atoms with Gasteiger partial charge in [0.15, 0.2) is 5.69 Å². The van der Waals surface area contributed by atoms with Crippen molar-refractivity contribution in [2.45, 2.75) is 26.2 Å². The van der Waals surface area contributed by atoms with Crippen molar-refractivity contribution < 1.29 is 9.90 Å². The SMILES string of the molecule is CCC1(CO)CCN(C(=O)c2n[nH]c(=O)c3ccccc23)CC1. The van der Waals surface area contributed by atoms with Crippen LogP contribution in [0, 0.1) is 5.41 Å². The molecule has 0 spiro atoms. The number of carbonyl (C=O) groups is 1. The molecule has 0 bridgehead atoms. The van der Waals surface area contributed by atoms with Gasteiger partial charge in [0.05, 0.1) is 5.39 Å². The fourth-order valence-corrected chi connectivity index (χ4v) is 3.24. The zero-order valence-corrected chi connectivity index (χ0v) is 13.2. The van der Waals surface area contributed by atoms with Crippen molar-refractivity contribution in [1.82, 2.24) is 15.1 Å². The number of benzene rings is 1. The van der Waals surface area contributed by atoms with E-state index in [2.05, 4.69) is 17.1 Å². The number of aromatic amines is 1. The molecule has 6 heteroatoms. The fourth-order valence-electron chi connectivity index (χ4n) is 3.24. The molecule has 2 heterocycles. The maximum atomic E-state index is 12.8. The Bertz CT molecular complexity index is 770. The van der Waals surface area contributed by atoms with Gasteiger partial charge < -0.3 is 10.0 Å². The summed E-state index contributed by atoms with van der Waals surface area (Å²) in [6, 6.07) is 7.00. The molecule has 2 N–H and O–H groups in total. The first-order valence-electron chi connectivity index (χ1n) is 7.98. The molecule has 3 rings (SSSR count). The lowest BCUT2D eigenvalue weighted by Gasteiger charge is -2.40. The van der Waals surface area contributed by atoms with Gasteiger partial charge in [-0.1, -0.05) is 25.1 Å². The van der Waals surface area contributed by atoms with Crippen LogP contribution in [0.5, 0.6) is 0 Å². The Morgan fingerprint density at radius 1 is 1.30 bits per heavy atom. The normalized spacial score (nSPS) is 17.4. The summed E-state index contributed by atoms with van der Waals surface area (Å²) >= 11 is 0. The standard InChI is InChI=1S/C17H21N3O3/c1-2-17(11-21)7-9-20(10-8-17)16(23)14-12-5-3-4-6-13(12)15(22)19-18-14/h3-6,21H,2,7-11H2,1H3,(H,19,22). The minimum absolute atomic E-state index is 0.0721. The van der Waals surface area contributed by atoms with Crippen LogP contribution in [0.25, 0.3) is 10.8 Å². The Kier molecular flexibility index (Phi) is 4.17. The number of aromatic nitrogens is 2. The summed E-state index contributed by atoms with van der Waals surface area (Å²) in [6.45, 7) is 3.43. The number of aliphatic hydroxyl groups excluding tert-OH is 1. The van der Waals surface area contributed by atoms with Crippen molar-refractivity contribution in [3.8, 4) is 0 Å². The highest BCUT2D eigenvalue weighted by atomic mass is 16.3. The summed E-state index contributed by atoms with van der Waals surface area (Å²) in [7, 11) is 0. The molecule has 1 aromatic heterocycles. The average Bonchev–Trinajstić information content (AvgIpc) is 2.62. The van der Waals surface area contributed by atoms with Crippen molar-refractivity contribution >= 4 is 16.7 Å². The molecule has 2 aromatic rings. The summed E-state index contributed by atoms with van der Waals surface area (Å²) in [5.74, 6) is -0.167. The summed E-state index contributed by atoms with van der Waals surface area (Å²) < 4.78 is 0. The second-order valence-corrected chi connectivity index (χ2v) is 6.25.